The first kappa shape index (κ1) is 16.8. The fraction of sp³-hybridized carbons (Fsp3) is 0.500. The summed E-state index contributed by atoms with van der Waals surface area (Å²) in [6.45, 7) is 2.59. The van der Waals surface area contributed by atoms with Crippen LogP contribution in [0.5, 0.6) is 0 Å². The molecule has 3 rings (SSSR count). The number of aromatic nitrogens is 2. The van der Waals surface area contributed by atoms with Crippen LogP contribution in [0.25, 0.3) is 11.0 Å². The van der Waals surface area contributed by atoms with Crippen molar-refractivity contribution in [3.8, 4) is 0 Å². The molecule has 1 fully saturated rings. The molecule has 130 valence electrons. The number of fused-ring (bicyclic) bond motifs is 1. The summed E-state index contributed by atoms with van der Waals surface area (Å²) in [6, 6.07) is 5.16. The lowest BCUT2D eigenvalue weighted by atomic mass is 10.2. The van der Waals surface area contributed by atoms with Crippen molar-refractivity contribution in [2.75, 3.05) is 26.3 Å². The molecular formula is C16H20F2N4O2. The van der Waals surface area contributed by atoms with Crippen molar-refractivity contribution in [3.05, 3.63) is 29.6 Å². The van der Waals surface area contributed by atoms with Gasteiger partial charge in [-0.3, -0.25) is 9.69 Å². The van der Waals surface area contributed by atoms with Crippen molar-refractivity contribution >= 4 is 16.9 Å². The number of rotatable bonds is 5. The smallest absolute Gasteiger partial charge is 0.251 e. The number of carbonyl (C=O) groups excluding carboxylic acids is 1. The molecule has 1 aromatic heterocycles. The van der Waals surface area contributed by atoms with Gasteiger partial charge in [0.1, 0.15) is 11.9 Å². The Kier molecular flexibility index (Phi) is 5.06. The Balaban J connectivity index is 1.62. The topological polar surface area (TPSA) is 70.2 Å². The molecule has 2 aromatic rings. The number of ether oxygens (including phenoxy) is 1. The highest BCUT2D eigenvalue weighted by Gasteiger charge is 2.31. The second-order valence-electron chi connectivity index (χ2n) is 5.90. The average molecular weight is 338 g/mol. The molecule has 1 aromatic carbocycles. The van der Waals surface area contributed by atoms with E-state index >= 15 is 0 Å². The van der Waals surface area contributed by atoms with Crippen LogP contribution in [0.3, 0.4) is 0 Å². The number of carbonyl (C=O) groups is 1. The second-order valence-corrected chi connectivity index (χ2v) is 5.90. The van der Waals surface area contributed by atoms with Crippen LogP contribution < -0.4 is 5.32 Å². The quantitative estimate of drug-likeness (QED) is 0.866. The fourth-order valence-corrected chi connectivity index (χ4v) is 2.82. The number of nitrogens with one attached hydrogen (secondary N) is 2. The monoisotopic (exact) mass is 338 g/mol. The molecule has 8 heteroatoms. The van der Waals surface area contributed by atoms with E-state index in [0.29, 0.717) is 19.0 Å². The van der Waals surface area contributed by atoms with Crippen molar-refractivity contribution in [1.29, 1.82) is 0 Å². The first-order valence-corrected chi connectivity index (χ1v) is 7.86. The van der Waals surface area contributed by atoms with Crippen molar-refractivity contribution < 1.29 is 18.3 Å². The predicted octanol–water partition coefficient (Wildman–Crippen LogP) is 1.45. The molecule has 1 atom stereocenters. The molecule has 6 nitrogen and oxygen atoms in total. The van der Waals surface area contributed by atoms with Gasteiger partial charge in [-0.1, -0.05) is 6.07 Å². The summed E-state index contributed by atoms with van der Waals surface area (Å²) in [5.41, 5.74) is 2.84. The normalized spacial score (nSPS) is 19.1. The minimum atomic E-state index is -2.47. The Hall–Kier alpha value is -2.06. The van der Waals surface area contributed by atoms with Gasteiger partial charge in [0.15, 0.2) is 0 Å². The van der Waals surface area contributed by atoms with E-state index in [1.165, 1.54) is 4.90 Å². The van der Waals surface area contributed by atoms with Crippen LogP contribution in [0.15, 0.2) is 18.2 Å². The van der Waals surface area contributed by atoms with Gasteiger partial charge in [-0.25, -0.2) is 13.8 Å². The zero-order valence-corrected chi connectivity index (χ0v) is 13.4. The van der Waals surface area contributed by atoms with E-state index in [1.807, 2.05) is 25.1 Å². The number of halogens is 2. The summed E-state index contributed by atoms with van der Waals surface area (Å²) in [4.78, 5) is 21.3. The molecule has 0 saturated carbocycles. The van der Waals surface area contributed by atoms with Crippen molar-refractivity contribution in [1.82, 2.24) is 20.2 Å². The average Bonchev–Trinajstić information content (AvgIpc) is 2.94. The van der Waals surface area contributed by atoms with Crippen LogP contribution in [0.2, 0.25) is 0 Å². The second kappa shape index (κ2) is 7.23. The maximum atomic E-state index is 12.6. The molecule has 1 amide bonds. The highest BCUT2D eigenvalue weighted by molar-refractivity contribution is 5.82. The molecule has 24 heavy (non-hydrogen) atoms. The summed E-state index contributed by atoms with van der Waals surface area (Å²) in [5.74, 6) is 0.299. The maximum Gasteiger partial charge on any atom is 0.251 e. The number of aryl methyl sites for hydroxylation is 1. The molecule has 0 spiro atoms. The lowest BCUT2D eigenvalue weighted by molar-refractivity contribution is -0.134. The number of nitrogens with zero attached hydrogens (tertiary/aromatic N) is 2. The van der Waals surface area contributed by atoms with Gasteiger partial charge in [0.05, 0.1) is 37.3 Å². The van der Waals surface area contributed by atoms with Gasteiger partial charge < -0.3 is 15.0 Å². The minimum Gasteiger partial charge on any atom is -0.378 e. The van der Waals surface area contributed by atoms with E-state index in [0.717, 1.165) is 16.6 Å². The molecule has 1 aliphatic rings. The number of hydrogen-bond acceptors (Lipinski definition) is 4. The summed E-state index contributed by atoms with van der Waals surface area (Å²) in [7, 11) is 0. The fourth-order valence-electron chi connectivity index (χ4n) is 2.82. The van der Waals surface area contributed by atoms with Gasteiger partial charge in [0.25, 0.3) is 6.43 Å². The van der Waals surface area contributed by atoms with Crippen LogP contribution in [0.1, 0.15) is 11.4 Å². The van der Waals surface area contributed by atoms with Crippen LogP contribution >= 0.6 is 0 Å². The number of hydrogen-bond donors (Lipinski definition) is 2. The number of benzene rings is 1. The van der Waals surface area contributed by atoms with E-state index in [1.54, 1.807) is 0 Å². The summed E-state index contributed by atoms with van der Waals surface area (Å²) in [6.07, 6.45) is -2.47. The molecule has 2 heterocycles. The third kappa shape index (κ3) is 3.88. The largest absolute Gasteiger partial charge is 0.378 e. The highest BCUT2D eigenvalue weighted by atomic mass is 19.3. The number of amides is 1. The summed E-state index contributed by atoms with van der Waals surface area (Å²) < 4.78 is 30.5. The van der Waals surface area contributed by atoms with Gasteiger partial charge in [0, 0.05) is 6.54 Å². The number of aromatic amines is 1. The summed E-state index contributed by atoms with van der Waals surface area (Å²) >= 11 is 0. The number of imidazole rings is 1. The van der Waals surface area contributed by atoms with Gasteiger partial charge in [0.2, 0.25) is 5.91 Å². The van der Waals surface area contributed by atoms with Gasteiger partial charge in [-0.2, -0.15) is 0 Å². The SMILES string of the molecule is Cc1ccc2nc(CNC(=O)C3COCCN3CC(F)F)[nH]c2c1. The number of morpholine rings is 1. The van der Waals surface area contributed by atoms with Crippen molar-refractivity contribution in [2.45, 2.75) is 25.9 Å². The molecule has 0 bridgehead atoms. The Bertz CT molecular complexity index is 719. The molecule has 1 aliphatic heterocycles. The first-order valence-electron chi connectivity index (χ1n) is 7.86. The molecule has 1 unspecified atom stereocenters. The van der Waals surface area contributed by atoms with Gasteiger partial charge >= 0.3 is 0 Å². The molecule has 0 aliphatic carbocycles. The first-order chi connectivity index (χ1) is 11.5. The van der Waals surface area contributed by atoms with E-state index in [2.05, 4.69) is 15.3 Å². The molecule has 1 saturated heterocycles. The summed E-state index contributed by atoms with van der Waals surface area (Å²) in [5, 5.41) is 2.75. The van der Waals surface area contributed by atoms with Crippen LogP contribution in [-0.2, 0) is 16.1 Å². The van der Waals surface area contributed by atoms with E-state index < -0.39 is 19.0 Å². The third-order valence-corrected chi connectivity index (χ3v) is 4.03. The van der Waals surface area contributed by atoms with Gasteiger partial charge in [-0.15, -0.1) is 0 Å². The van der Waals surface area contributed by atoms with E-state index in [-0.39, 0.29) is 19.1 Å². The number of H-pyrrole nitrogens is 1. The number of alkyl halides is 2. The van der Waals surface area contributed by atoms with Crippen LogP contribution in [0.4, 0.5) is 8.78 Å². The lowest BCUT2D eigenvalue weighted by Gasteiger charge is -2.34. The zero-order valence-electron chi connectivity index (χ0n) is 13.4. The van der Waals surface area contributed by atoms with Crippen LogP contribution in [-0.4, -0.2) is 59.5 Å². The van der Waals surface area contributed by atoms with Gasteiger partial charge in [-0.05, 0) is 24.6 Å². The standard InChI is InChI=1S/C16H20F2N4O2/c1-10-2-3-11-12(6-10)21-15(20-11)7-19-16(23)13-9-24-5-4-22(13)8-14(17)18/h2-3,6,13-14H,4-5,7-9H2,1H3,(H,19,23)(H,20,21). The van der Waals surface area contributed by atoms with E-state index in [4.69, 9.17) is 4.74 Å². The Morgan fingerprint density at radius 2 is 2.38 bits per heavy atom. The molecule has 2 N–H and O–H groups in total. The Labute approximate surface area is 138 Å². The van der Waals surface area contributed by atoms with Crippen molar-refractivity contribution in [2.24, 2.45) is 0 Å². The van der Waals surface area contributed by atoms with Crippen molar-refractivity contribution in [3.63, 3.8) is 0 Å². The molecular weight excluding hydrogens is 318 g/mol. The Morgan fingerprint density at radius 1 is 1.54 bits per heavy atom. The highest BCUT2D eigenvalue weighted by Crippen LogP contribution is 2.14. The zero-order chi connectivity index (χ0) is 17.1. The van der Waals surface area contributed by atoms with E-state index in [9.17, 15) is 13.6 Å². The third-order valence-electron chi connectivity index (χ3n) is 4.03. The minimum absolute atomic E-state index is 0.123. The Morgan fingerprint density at radius 3 is 3.17 bits per heavy atom. The maximum absolute atomic E-state index is 12.6. The van der Waals surface area contributed by atoms with Crippen LogP contribution in [0, 0.1) is 6.92 Å². The lowest BCUT2D eigenvalue weighted by Crippen LogP contribution is -2.54. The molecule has 0 radical (unpaired) electrons. The predicted molar refractivity (Wildman–Crippen MR) is 84.9 cm³/mol.